The van der Waals surface area contributed by atoms with Gasteiger partial charge in [0.05, 0.1) is 10.2 Å². The predicted molar refractivity (Wildman–Crippen MR) is 55.4 cm³/mol. The van der Waals surface area contributed by atoms with Gasteiger partial charge in [-0.05, 0) is 6.42 Å². The smallest absolute Gasteiger partial charge is 0.143 e. The first kappa shape index (κ1) is 12.1. The average Bonchev–Trinajstić information content (AvgIpc) is 2.12. The maximum Gasteiger partial charge on any atom is 0.143 e. The van der Waals surface area contributed by atoms with Crippen molar-refractivity contribution in [1.29, 1.82) is 0 Å². The molecule has 0 fully saturated rings. The fraction of sp³-hybridized carbons (Fsp3) is 1.00. The van der Waals surface area contributed by atoms with Crippen LogP contribution in [0.3, 0.4) is 0 Å². The van der Waals surface area contributed by atoms with Crippen LogP contribution in [0.2, 0.25) is 0 Å². The molecular weight excluding hydrogens is 168 g/mol. The van der Waals surface area contributed by atoms with E-state index < -0.39 is 0 Å². The summed E-state index contributed by atoms with van der Waals surface area (Å²) >= 11 is 0. The second kappa shape index (κ2) is 5.73. The Labute approximate surface area is 79.1 Å². The second-order valence-electron chi connectivity index (χ2n) is 3.47. The van der Waals surface area contributed by atoms with Gasteiger partial charge in [0.2, 0.25) is 0 Å². The van der Waals surface area contributed by atoms with Gasteiger partial charge in [-0.1, -0.05) is 26.7 Å². The highest BCUT2D eigenvalue weighted by Crippen LogP contribution is 2.23. The summed E-state index contributed by atoms with van der Waals surface area (Å²) < 4.78 is 10.8. The molecule has 0 heterocycles. The third-order valence-electron chi connectivity index (χ3n) is 2.70. The summed E-state index contributed by atoms with van der Waals surface area (Å²) in [6, 6.07) is 0. The number of hydrogen-bond donors (Lipinski definition) is 0. The zero-order valence-corrected chi connectivity index (χ0v) is 11.0. The minimum Gasteiger partial charge on any atom is -0.358 e. The van der Waals surface area contributed by atoms with E-state index in [9.17, 15) is 0 Å². The zero-order chi connectivity index (χ0) is 9.61. The van der Waals surface area contributed by atoms with Crippen LogP contribution < -0.4 is 0 Å². The quantitative estimate of drug-likeness (QED) is 0.462. The van der Waals surface area contributed by atoms with E-state index in [1.165, 1.54) is 19.3 Å². The normalized spacial score (nSPS) is 15.0. The minimum absolute atomic E-state index is 0.269. The summed E-state index contributed by atoms with van der Waals surface area (Å²) in [4.78, 5) is 0. The topological polar surface area (TPSA) is 18.5 Å². The van der Waals surface area contributed by atoms with Crippen molar-refractivity contribution in [3.63, 3.8) is 0 Å². The largest absolute Gasteiger partial charge is 0.358 e. The average molecular weight is 190 g/mol. The number of rotatable bonds is 6. The summed E-state index contributed by atoms with van der Waals surface area (Å²) in [6.45, 7) is 4.41. The Morgan fingerprint density at radius 3 is 2.17 bits per heavy atom. The Morgan fingerprint density at radius 2 is 1.83 bits per heavy atom. The van der Waals surface area contributed by atoms with Crippen molar-refractivity contribution in [2.45, 2.75) is 38.5 Å². The molecule has 0 radical (unpaired) electrons. The van der Waals surface area contributed by atoms with Gasteiger partial charge in [0, 0.05) is 20.1 Å². The third-order valence-corrected chi connectivity index (χ3v) is 4.50. The lowest BCUT2D eigenvalue weighted by Gasteiger charge is -2.33. The van der Waals surface area contributed by atoms with Gasteiger partial charge in [-0.3, -0.25) is 0 Å². The fourth-order valence-corrected chi connectivity index (χ4v) is 1.55. The van der Waals surface area contributed by atoms with Crippen LogP contribution in [0.25, 0.3) is 0 Å². The number of ether oxygens (including phenoxy) is 2. The molecule has 0 aliphatic rings. The van der Waals surface area contributed by atoms with Gasteiger partial charge in [-0.15, -0.1) is 0 Å². The third kappa shape index (κ3) is 3.25. The first-order valence-corrected chi connectivity index (χ1v) is 5.71. The van der Waals surface area contributed by atoms with E-state index in [1.54, 1.807) is 14.2 Å². The Balaban J connectivity index is 3.93. The van der Waals surface area contributed by atoms with Crippen molar-refractivity contribution in [3.8, 4) is 0 Å². The molecule has 0 aliphatic carbocycles. The van der Waals surface area contributed by atoms with E-state index in [-0.39, 0.29) is 5.41 Å². The van der Waals surface area contributed by atoms with Crippen molar-refractivity contribution >= 4 is 10.2 Å². The minimum atomic E-state index is -0.269. The summed E-state index contributed by atoms with van der Waals surface area (Å²) in [6.07, 6.45) is 3.70. The summed E-state index contributed by atoms with van der Waals surface area (Å²) in [7, 11) is 4.40. The molecule has 0 saturated heterocycles. The molecule has 0 amide bonds. The molecule has 2 nitrogen and oxygen atoms in total. The van der Waals surface area contributed by atoms with E-state index in [0.717, 1.165) is 10.2 Å². The van der Waals surface area contributed by atoms with Gasteiger partial charge < -0.3 is 9.47 Å². The van der Waals surface area contributed by atoms with Crippen LogP contribution in [-0.2, 0) is 9.47 Å². The summed E-state index contributed by atoms with van der Waals surface area (Å²) in [5.41, 5.74) is -0.269. The van der Waals surface area contributed by atoms with Gasteiger partial charge in [-0.25, -0.2) is 0 Å². The molecule has 12 heavy (non-hydrogen) atoms. The Hall–Kier alpha value is 0.137. The first-order valence-electron chi connectivity index (χ1n) is 4.71. The summed E-state index contributed by atoms with van der Waals surface area (Å²) in [5.74, 6) is 0.513. The van der Waals surface area contributed by atoms with Gasteiger partial charge in [0.25, 0.3) is 0 Å². The van der Waals surface area contributed by atoms with E-state index in [4.69, 9.17) is 9.47 Å². The van der Waals surface area contributed by atoms with Gasteiger partial charge in [-0.2, -0.15) is 0 Å². The molecule has 0 bridgehead atoms. The van der Waals surface area contributed by atoms with Crippen LogP contribution in [0.4, 0.5) is 0 Å². The Morgan fingerprint density at radius 1 is 1.33 bits per heavy atom. The molecule has 0 N–H and O–H groups in total. The lowest BCUT2D eigenvalue weighted by molar-refractivity contribution is -0.174. The van der Waals surface area contributed by atoms with Crippen molar-refractivity contribution in [2.75, 3.05) is 14.2 Å². The summed E-state index contributed by atoms with van der Waals surface area (Å²) in [5, 5.41) is 0. The van der Waals surface area contributed by atoms with Crippen molar-refractivity contribution < 1.29 is 9.47 Å². The Kier molecular flexibility index (Phi) is 5.79. The zero-order valence-electron chi connectivity index (χ0n) is 9.02. The highest BCUT2D eigenvalue weighted by molar-refractivity contribution is 6.13. The second-order valence-corrected chi connectivity index (χ2v) is 4.86. The first-order chi connectivity index (χ1) is 5.60. The lowest BCUT2D eigenvalue weighted by Crippen LogP contribution is -2.41. The predicted octanol–water partition coefficient (Wildman–Crippen LogP) is 1.12. The standard InChI is InChI=1S/C9H22O2Si/c1-5-6-7-8(2)9(12,10-3)11-4/h8H,5-7H2,1-4,12H3. The van der Waals surface area contributed by atoms with Crippen LogP contribution in [-0.4, -0.2) is 29.9 Å². The monoisotopic (exact) mass is 190 g/mol. The molecule has 0 aliphatic heterocycles. The molecule has 0 aromatic heterocycles. The van der Waals surface area contributed by atoms with E-state index in [1.807, 2.05) is 0 Å². The fourth-order valence-electron chi connectivity index (χ4n) is 1.26. The number of unbranched alkanes of at least 4 members (excludes halogenated alkanes) is 1. The van der Waals surface area contributed by atoms with Gasteiger partial charge >= 0.3 is 0 Å². The van der Waals surface area contributed by atoms with Gasteiger partial charge in [0.15, 0.2) is 0 Å². The molecular formula is C9H22O2Si. The molecule has 0 saturated carbocycles. The highest BCUT2D eigenvalue weighted by Gasteiger charge is 2.29. The van der Waals surface area contributed by atoms with Crippen LogP contribution in [0.1, 0.15) is 33.1 Å². The van der Waals surface area contributed by atoms with Crippen LogP contribution in [0, 0.1) is 5.92 Å². The maximum atomic E-state index is 5.39. The van der Waals surface area contributed by atoms with Crippen molar-refractivity contribution in [3.05, 3.63) is 0 Å². The molecule has 74 valence electrons. The van der Waals surface area contributed by atoms with Crippen LogP contribution >= 0.6 is 0 Å². The van der Waals surface area contributed by atoms with E-state index in [2.05, 4.69) is 13.8 Å². The molecule has 0 aromatic carbocycles. The molecule has 0 spiro atoms. The molecule has 1 unspecified atom stereocenters. The molecule has 3 heteroatoms. The molecule has 1 atom stereocenters. The molecule has 0 rings (SSSR count). The highest BCUT2D eigenvalue weighted by atomic mass is 28.1. The lowest BCUT2D eigenvalue weighted by atomic mass is 10.0. The SMILES string of the molecule is CCCCC(C)C([SiH3])(OC)OC. The van der Waals surface area contributed by atoms with Crippen molar-refractivity contribution in [2.24, 2.45) is 5.92 Å². The van der Waals surface area contributed by atoms with E-state index in [0.29, 0.717) is 5.92 Å². The van der Waals surface area contributed by atoms with Crippen LogP contribution in [0.15, 0.2) is 0 Å². The van der Waals surface area contributed by atoms with Crippen molar-refractivity contribution in [1.82, 2.24) is 0 Å². The van der Waals surface area contributed by atoms with Gasteiger partial charge in [0.1, 0.15) is 5.41 Å². The van der Waals surface area contributed by atoms with E-state index >= 15 is 0 Å². The number of methoxy groups -OCH3 is 2. The number of hydrogen-bond acceptors (Lipinski definition) is 2. The maximum absolute atomic E-state index is 5.39. The van der Waals surface area contributed by atoms with Crippen LogP contribution in [0.5, 0.6) is 0 Å². The molecule has 0 aromatic rings. The Bertz CT molecular complexity index is 113.